The Morgan fingerprint density at radius 1 is 1.62 bits per heavy atom. The molecule has 1 aromatic rings. The molecule has 0 saturated carbocycles. The molecule has 0 saturated heterocycles. The van der Waals surface area contributed by atoms with Gasteiger partial charge < -0.3 is 9.68 Å². The van der Waals surface area contributed by atoms with Gasteiger partial charge in [-0.25, -0.2) is 5.06 Å². The van der Waals surface area contributed by atoms with Gasteiger partial charge in [0.15, 0.2) is 0 Å². The van der Waals surface area contributed by atoms with Gasteiger partial charge in [0, 0.05) is 12.6 Å². The molecule has 1 aliphatic rings. The zero-order valence-electron chi connectivity index (χ0n) is 9.14. The number of fused-ring (bicyclic) bond motifs is 1. The zero-order chi connectivity index (χ0) is 11.7. The summed E-state index contributed by atoms with van der Waals surface area (Å²) in [7, 11) is 2.10. The number of hydroxylamine groups is 2. The van der Waals surface area contributed by atoms with Crippen LogP contribution < -0.4 is 5.46 Å². The molecule has 0 radical (unpaired) electrons. The molecule has 16 heavy (non-hydrogen) atoms. The van der Waals surface area contributed by atoms with Crippen LogP contribution >= 0.6 is 0 Å². The van der Waals surface area contributed by atoms with E-state index in [1.807, 2.05) is 0 Å². The smallest absolute Gasteiger partial charge is 0.423 e. The Morgan fingerprint density at radius 2 is 2.38 bits per heavy atom. The van der Waals surface area contributed by atoms with Crippen LogP contribution in [0.1, 0.15) is 15.9 Å². The first-order valence-electron chi connectivity index (χ1n) is 4.88. The number of nitrogens with zero attached hydrogens (tertiary/aromatic N) is 1. The molecule has 1 aromatic carbocycles. The van der Waals surface area contributed by atoms with Crippen LogP contribution in [0.4, 0.5) is 0 Å². The lowest BCUT2D eigenvalue weighted by atomic mass is 9.79. The first-order valence-corrected chi connectivity index (χ1v) is 4.88. The molecule has 5 nitrogen and oxygen atoms in total. The van der Waals surface area contributed by atoms with Gasteiger partial charge in [-0.1, -0.05) is 6.07 Å². The Labute approximate surface area is 93.7 Å². The fourth-order valence-electron chi connectivity index (χ4n) is 1.63. The second kappa shape index (κ2) is 4.25. The van der Waals surface area contributed by atoms with Crippen molar-refractivity contribution < 1.29 is 19.3 Å². The molecule has 6 heteroatoms. The normalized spacial score (nSPS) is 13.8. The van der Waals surface area contributed by atoms with E-state index in [-0.39, 0.29) is 5.91 Å². The van der Waals surface area contributed by atoms with Crippen LogP contribution in [0.2, 0.25) is 0 Å². The van der Waals surface area contributed by atoms with Crippen LogP contribution in [0, 0.1) is 0 Å². The summed E-state index contributed by atoms with van der Waals surface area (Å²) in [5.74, 6) is -0.230. The van der Waals surface area contributed by atoms with Crippen molar-refractivity contribution in [2.24, 2.45) is 0 Å². The summed E-state index contributed by atoms with van der Waals surface area (Å²) < 4.78 is 5.04. The van der Waals surface area contributed by atoms with Crippen LogP contribution in [0.15, 0.2) is 18.2 Å². The van der Waals surface area contributed by atoms with E-state index >= 15 is 0 Å². The van der Waals surface area contributed by atoms with Crippen LogP contribution in [0.5, 0.6) is 0 Å². The van der Waals surface area contributed by atoms with Crippen molar-refractivity contribution in [3.05, 3.63) is 29.3 Å². The lowest BCUT2D eigenvalue weighted by Crippen LogP contribution is -2.29. The summed E-state index contributed by atoms with van der Waals surface area (Å²) in [4.78, 5) is 16.6. The summed E-state index contributed by atoms with van der Waals surface area (Å²) in [6, 6.07) is 5.06. The van der Waals surface area contributed by atoms with Gasteiger partial charge in [0.1, 0.15) is 0 Å². The highest BCUT2D eigenvalue weighted by molar-refractivity contribution is 6.61. The van der Waals surface area contributed by atoms with E-state index in [2.05, 4.69) is 0 Å². The molecular weight excluding hydrogens is 209 g/mol. The zero-order valence-corrected chi connectivity index (χ0v) is 9.14. The first-order chi connectivity index (χ1) is 7.63. The maximum Gasteiger partial charge on any atom is 0.491 e. The van der Waals surface area contributed by atoms with Crippen molar-refractivity contribution in [2.45, 2.75) is 6.61 Å². The van der Waals surface area contributed by atoms with Gasteiger partial charge in [-0.15, -0.1) is 0 Å². The standard InChI is InChI=1S/C10H12BNO4/c1-12(15-2)10(13)7-3-4-9-8(5-7)6-16-11(9)14/h3-5,14H,6H2,1-2H3. The number of carbonyl (C=O) groups excluding carboxylic acids is 1. The van der Waals surface area contributed by atoms with E-state index < -0.39 is 7.12 Å². The maximum absolute atomic E-state index is 11.8. The molecule has 84 valence electrons. The third-order valence-corrected chi connectivity index (χ3v) is 2.61. The lowest BCUT2D eigenvalue weighted by Gasteiger charge is -2.13. The molecule has 1 N–H and O–H groups in total. The Bertz CT molecular complexity index is 423. The topological polar surface area (TPSA) is 59.0 Å². The van der Waals surface area contributed by atoms with E-state index in [0.29, 0.717) is 12.2 Å². The molecule has 2 rings (SSSR count). The number of hydrogen-bond acceptors (Lipinski definition) is 4. The Balaban J connectivity index is 2.29. The molecule has 0 aliphatic carbocycles. The second-order valence-corrected chi connectivity index (χ2v) is 3.56. The van der Waals surface area contributed by atoms with Crippen molar-refractivity contribution in [3.8, 4) is 0 Å². The number of hydrogen-bond donors (Lipinski definition) is 1. The predicted molar refractivity (Wildman–Crippen MR) is 57.9 cm³/mol. The monoisotopic (exact) mass is 221 g/mol. The average molecular weight is 221 g/mol. The van der Waals surface area contributed by atoms with Crippen molar-refractivity contribution in [3.63, 3.8) is 0 Å². The van der Waals surface area contributed by atoms with Crippen LogP contribution in [0.25, 0.3) is 0 Å². The van der Waals surface area contributed by atoms with Crippen LogP contribution in [0.3, 0.4) is 0 Å². The molecule has 1 amide bonds. The molecular formula is C10H12BNO4. The van der Waals surface area contributed by atoms with E-state index in [0.717, 1.165) is 16.1 Å². The van der Waals surface area contributed by atoms with Gasteiger partial charge in [-0.2, -0.15) is 0 Å². The number of amides is 1. The number of rotatable bonds is 2. The Hall–Kier alpha value is -1.37. The Kier molecular flexibility index (Phi) is 2.96. The summed E-state index contributed by atoms with van der Waals surface area (Å²) in [6.45, 7) is 0.328. The molecule has 0 fully saturated rings. The van der Waals surface area contributed by atoms with Gasteiger partial charge in [-0.3, -0.25) is 9.63 Å². The highest BCUT2D eigenvalue weighted by Gasteiger charge is 2.28. The van der Waals surface area contributed by atoms with E-state index in [1.165, 1.54) is 7.11 Å². The lowest BCUT2D eigenvalue weighted by molar-refractivity contribution is -0.0757. The molecule has 1 heterocycles. The van der Waals surface area contributed by atoms with Gasteiger partial charge >= 0.3 is 7.12 Å². The highest BCUT2D eigenvalue weighted by Crippen LogP contribution is 2.13. The van der Waals surface area contributed by atoms with E-state index in [1.54, 1.807) is 25.2 Å². The average Bonchev–Trinajstić information content (AvgIpc) is 2.68. The summed E-state index contributed by atoms with van der Waals surface area (Å²) in [5, 5.41) is 10.6. The molecule has 1 aliphatic heterocycles. The van der Waals surface area contributed by atoms with Crippen molar-refractivity contribution in [2.75, 3.05) is 14.2 Å². The summed E-state index contributed by atoms with van der Waals surface area (Å²) in [5.41, 5.74) is 2.07. The van der Waals surface area contributed by atoms with Gasteiger partial charge in [-0.05, 0) is 23.2 Å². The molecule has 0 aromatic heterocycles. The quantitative estimate of drug-likeness (QED) is 0.542. The first kappa shape index (κ1) is 11.1. The fraction of sp³-hybridized carbons (Fsp3) is 0.300. The van der Waals surface area contributed by atoms with Gasteiger partial charge in [0.05, 0.1) is 13.7 Å². The van der Waals surface area contributed by atoms with Crippen molar-refractivity contribution in [1.29, 1.82) is 0 Å². The van der Waals surface area contributed by atoms with Crippen molar-refractivity contribution >= 4 is 18.5 Å². The SMILES string of the molecule is CON(C)C(=O)c1ccc2c(c1)COB2O. The largest absolute Gasteiger partial charge is 0.491 e. The second-order valence-electron chi connectivity index (χ2n) is 3.56. The summed E-state index contributed by atoms with van der Waals surface area (Å²) >= 11 is 0. The van der Waals surface area contributed by atoms with Gasteiger partial charge in [0.2, 0.25) is 0 Å². The van der Waals surface area contributed by atoms with E-state index in [9.17, 15) is 9.82 Å². The third-order valence-electron chi connectivity index (χ3n) is 2.61. The van der Waals surface area contributed by atoms with Gasteiger partial charge in [0.25, 0.3) is 5.91 Å². The minimum absolute atomic E-state index is 0.230. The van der Waals surface area contributed by atoms with Crippen LogP contribution in [-0.4, -0.2) is 37.3 Å². The van der Waals surface area contributed by atoms with Crippen LogP contribution in [-0.2, 0) is 16.1 Å². The third kappa shape index (κ3) is 1.82. The molecule has 0 unspecified atom stereocenters. The fourth-order valence-corrected chi connectivity index (χ4v) is 1.63. The Morgan fingerprint density at radius 3 is 3.06 bits per heavy atom. The number of benzene rings is 1. The highest BCUT2D eigenvalue weighted by atomic mass is 16.7. The minimum atomic E-state index is -0.876. The van der Waals surface area contributed by atoms with Crippen molar-refractivity contribution in [1.82, 2.24) is 5.06 Å². The summed E-state index contributed by atoms with van der Waals surface area (Å²) in [6.07, 6.45) is 0. The maximum atomic E-state index is 11.8. The molecule has 0 bridgehead atoms. The molecule has 0 atom stereocenters. The minimum Gasteiger partial charge on any atom is -0.423 e. The number of carbonyl (C=O) groups is 1. The predicted octanol–water partition coefficient (Wildman–Crippen LogP) is -0.462. The van der Waals surface area contributed by atoms with E-state index in [4.69, 9.17) is 9.49 Å². The molecule has 0 spiro atoms.